The predicted molar refractivity (Wildman–Crippen MR) is 65.9 cm³/mol. The summed E-state index contributed by atoms with van der Waals surface area (Å²) in [7, 11) is 1.58. The van der Waals surface area contributed by atoms with Gasteiger partial charge in [0.25, 0.3) is 0 Å². The number of amides is 1. The van der Waals surface area contributed by atoms with Crippen molar-refractivity contribution in [2.75, 3.05) is 46.6 Å². The molecule has 1 aliphatic rings. The molecule has 0 aromatic heterocycles. The van der Waals surface area contributed by atoms with Crippen LogP contribution in [0.1, 0.15) is 12.8 Å². The molecule has 1 N–H and O–H groups in total. The summed E-state index contributed by atoms with van der Waals surface area (Å²) in [6.07, 6.45) is 1.25. The molecule has 0 aromatic carbocycles. The summed E-state index contributed by atoms with van der Waals surface area (Å²) in [4.78, 5) is 23.8. The number of ether oxygens (including phenoxy) is 3. The van der Waals surface area contributed by atoms with Gasteiger partial charge in [0.2, 0.25) is 5.91 Å². The van der Waals surface area contributed by atoms with Crippen molar-refractivity contribution in [2.24, 2.45) is 0 Å². The summed E-state index contributed by atoms with van der Waals surface area (Å²) in [6, 6.07) is 0. The van der Waals surface area contributed by atoms with E-state index in [9.17, 15) is 9.59 Å². The smallest absolute Gasteiger partial charge is 0.329 e. The second-order valence-electron chi connectivity index (χ2n) is 4.33. The Hall–Kier alpha value is -1.18. The molecule has 0 aliphatic carbocycles. The van der Waals surface area contributed by atoms with E-state index in [1.807, 2.05) is 0 Å². The van der Waals surface area contributed by atoms with Crippen LogP contribution in [0.15, 0.2) is 0 Å². The molecular formula is C12H21NO6. The number of nitrogens with zero attached hydrogens (tertiary/aromatic N) is 1. The number of aliphatic carboxylic acids is 1. The molecule has 1 saturated heterocycles. The highest BCUT2D eigenvalue weighted by Crippen LogP contribution is 2.13. The lowest BCUT2D eigenvalue weighted by atomic mass is 10.1. The molecule has 7 heteroatoms. The number of methoxy groups -OCH3 is 1. The Kier molecular flexibility index (Phi) is 7.39. The third-order valence-electron chi connectivity index (χ3n) is 2.89. The maximum Gasteiger partial charge on any atom is 0.329 e. The van der Waals surface area contributed by atoms with Gasteiger partial charge >= 0.3 is 5.97 Å². The van der Waals surface area contributed by atoms with Crippen molar-refractivity contribution in [1.29, 1.82) is 0 Å². The van der Waals surface area contributed by atoms with Crippen LogP contribution in [0.3, 0.4) is 0 Å². The van der Waals surface area contributed by atoms with E-state index in [-0.39, 0.29) is 25.2 Å². The van der Waals surface area contributed by atoms with Gasteiger partial charge in [-0.15, -0.1) is 0 Å². The molecule has 0 bridgehead atoms. The largest absolute Gasteiger partial charge is 0.480 e. The molecule has 1 fully saturated rings. The molecule has 0 saturated carbocycles. The van der Waals surface area contributed by atoms with E-state index in [1.54, 1.807) is 12.0 Å². The Bertz CT molecular complexity index is 288. The molecule has 1 rings (SSSR count). The highest BCUT2D eigenvalue weighted by Gasteiger charge is 2.23. The lowest BCUT2D eigenvalue weighted by molar-refractivity contribution is -0.147. The minimum atomic E-state index is -0.968. The van der Waals surface area contributed by atoms with Crippen LogP contribution in [-0.4, -0.2) is 74.6 Å². The second-order valence-corrected chi connectivity index (χ2v) is 4.33. The molecule has 110 valence electrons. The van der Waals surface area contributed by atoms with Gasteiger partial charge in [0.1, 0.15) is 13.2 Å². The van der Waals surface area contributed by atoms with Gasteiger partial charge in [0, 0.05) is 20.2 Å². The molecule has 1 amide bonds. The van der Waals surface area contributed by atoms with Crippen molar-refractivity contribution in [3.05, 3.63) is 0 Å². The van der Waals surface area contributed by atoms with E-state index in [1.165, 1.54) is 0 Å². The van der Waals surface area contributed by atoms with Crippen LogP contribution in [0.4, 0.5) is 0 Å². The Morgan fingerprint density at radius 1 is 1.21 bits per heavy atom. The molecule has 0 spiro atoms. The van der Waals surface area contributed by atoms with Crippen LogP contribution in [0, 0.1) is 0 Å². The summed E-state index contributed by atoms with van der Waals surface area (Å²) in [5.41, 5.74) is 0. The minimum Gasteiger partial charge on any atom is -0.480 e. The summed E-state index contributed by atoms with van der Waals surface area (Å²) >= 11 is 0. The Morgan fingerprint density at radius 3 is 2.47 bits per heavy atom. The average Bonchev–Trinajstić information content (AvgIpc) is 2.41. The molecule has 0 atom stereocenters. The van der Waals surface area contributed by atoms with E-state index in [0.717, 1.165) is 0 Å². The summed E-state index contributed by atoms with van der Waals surface area (Å²) in [5, 5.41) is 8.51. The number of hydrogen-bond acceptors (Lipinski definition) is 5. The number of likely N-dealkylation sites (tertiary alicyclic amines) is 1. The van der Waals surface area contributed by atoms with Crippen molar-refractivity contribution >= 4 is 11.9 Å². The van der Waals surface area contributed by atoms with Gasteiger partial charge in [0.15, 0.2) is 0 Å². The zero-order chi connectivity index (χ0) is 14.1. The van der Waals surface area contributed by atoms with Gasteiger partial charge < -0.3 is 24.2 Å². The van der Waals surface area contributed by atoms with Crippen LogP contribution in [0.25, 0.3) is 0 Å². The Labute approximate surface area is 112 Å². The van der Waals surface area contributed by atoms with Crippen LogP contribution < -0.4 is 0 Å². The van der Waals surface area contributed by atoms with Gasteiger partial charge in [-0.05, 0) is 12.8 Å². The number of piperidine rings is 1. The van der Waals surface area contributed by atoms with Crippen molar-refractivity contribution < 1.29 is 28.9 Å². The van der Waals surface area contributed by atoms with Gasteiger partial charge in [-0.25, -0.2) is 4.79 Å². The zero-order valence-corrected chi connectivity index (χ0v) is 11.2. The maximum atomic E-state index is 11.8. The topological polar surface area (TPSA) is 85.3 Å². The number of carbonyl (C=O) groups is 2. The van der Waals surface area contributed by atoms with E-state index < -0.39 is 5.97 Å². The first-order chi connectivity index (χ1) is 9.13. The second kappa shape index (κ2) is 8.84. The van der Waals surface area contributed by atoms with E-state index >= 15 is 0 Å². The average molecular weight is 275 g/mol. The number of hydrogen-bond donors (Lipinski definition) is 1. The Morgan fingerprint density at radius 2 is 1.89 bits per heavy atom. The third kappa shape index (κ3) is 6.51. The number of carboxylic acid groups (broad SMARTS) is 1. The maximum absolute atomic E-state index is 11.8. The fourth-order valence-corrected chi connectivity index (χ4v) is 1.85. The third-order valence-corrected chi connectivity index (χ3v) is 2.89. The van der Waals surface area contributed by atoms with E-state index in [0.29, 0.717) is 39.1 Å². The normalized spacial score (nSPS) is 16.6. The van der Waals surface area contributed by atoms with Crippen LogP contribution in [0.2, 0.25) is 0 Å². The highest BCUT2D eigenvalue weighted by molar-refractivity contribution is 5.77. The van der Waals surface area contributed by atoms with Gasteiger partial charge in [-0.3, -0.25) is 4.79 Å². The van der Waals surface area contributed by atoms with Crippen LogP contribution in [-0.2, 0) is 23.8 Å². The molecule has 1 aliphatic heterocycles. The van der Waals surface area contributed by atoms with Crippen molar-refractivity contribution in [3.63, 3.8) is 0 Å². The molecular weight excluding hydrogens is 254 g/mol. The number of rotatable bonds is 8. The lowest BCUT2D eigenvalue weighted by Gasteiger charge is -2.31. The van der Waals surface area contributed by atoms with Crippen LogP contribution >= 0.6 is 0 Å². The van der Waals surface area contributed by atoms with Crippen molar-refractivity contribution in [3.8, 4) is 0 Å². The fourth-order valence-electron chi connectivity index (χ4n) is 1.85. The molecule has 0 unspecified atom stereocenters. The van der Waals surface area contributed by atoms with Crippen molar-refractivity contribution in [1.82, 2.24) is 4.90 Å². The lowest BCUT2D eigenvalue weighted by Crippen LogP contribution is -2.42. The van der Waals surface area contributed by atoms with Crippen LogP contribution in [0.5, 0.6) is 0 Å². The van der Waals surface area contributed by atoms with Gasteiger partial charge in [-0.1, -0.05) is 0 Å². The van der Waals surface area contributed by atoms with E-state index in [4.69, 9.17) is 19.3 Å². The van der Waals surface area contributed by atoms with E-state index in [2.05, 4.69) is 0 Å². The molecule has 0 aromatic rings. The number of carbonyl (C=O) groups excluding carboxylic acids is 1. The summed E-state index contributed by atoms with van der Waals surface area (Å²) < 4.78 is 15.2. The van der Waals surface area contributed by atoms with Gasteiger partial charge in [-0.2, -0.15) is 0 Å². The highest BCUT2D eigenvalue weighted by atomic mass is 16.5. The fraction of sp³-hybridized carbons (Fsp3) is 0.833. The summed E-state index contributed by atoms with van der Waals surface area (Å²) in [5.74, 6) is -1.02. The summed E-state index contributed by atoms with van der Waals surface area (Å²) in [6.45, 7) is 1.81. The number of carboxylic acids is 1. The zero-order valence-electron chi connectivity index (χ0n) is 11.2. The first-order valence-corrected chi connectivity index (χ1v) is 6.31. The standard InChI is InChI=1S/C12H21NO6/c1-17-6-7-18-8-11(14)13-4-2-10(3-5-13)19-9-12(15)16/h10H,2-9H2,1H3,(H,15,16). The molecule has 19 heavy (non-hydrogen) atoms. The molecule has 7 nitrogen and oxygen atoms in total. The molecule has 1 heterocycles. The molecule has 0 radical (unpaired) electrons. The van der Waals surface area contributed by atoms with Gasteiger partial charge in [0.05, 0.1) is 19.3 Å². The monoisotopic (exact) mass is 275 g/mol. The Balaban J connectivity index is 2.14. The minimum absolute atomic E-state index is 0.0483. The quantitative estimate of drug-likeness (QED) is 0.614. The predicted octanol–water partition coefficient (Wildman–Crippen LogP) is -0.258. The first kappa shape index (κ1) is 15.9. The first-order valence-electron chi connectivity index (χ1n) is 6.31. The van der Waals surface area contributed by atoms with Crippen molar-refractivity contribution in [2.45, 2.75) is 18.9 Å². The SMILES string of the molecule is COCCOCC(=O)N1CCC(OCC(=O)O)CC1.